The zero-order valence-corrected chi connectivity index (χ0v) is 12.2. The number of amides is 1. The summed E-state index contributed by atoms with van der Waals surface area (Å²) in [4.78, 5) is 22.8. The highest BCUT2D eigenvalue weighted by Gasteiger charge is 2.25. The fourth-order valence-electron chi connectivity index (χ4n) is 1.58. The summed E-state index contributed by atoms with van der Waals surface area (Å²) in [6, 6.07) is 5.67. The molecule has 1 aromatic rings. The third kappa shape index (κ3) is 5.09. The first-order valence-electron chi connectivity index (χ1n) is 6.34. The first-order valence-corrected chi connectivity index (χ1v) is 6.72. The van der Waals surface area contributed by atoms with Crippen LogP contribution in [0.5, 0.6) is 5.75 Å². The summed E-state index contributed by atoms with van der Waals surface area (Å²) in [5.41, 5.74) is 0. The van der Waals surface area contributed by atoms with Gasteiger partial charge in [0, 0.05) is 5.02 Å². The molecule has 2 atom stereocenters. The summed E-state index contributed by atoms with van der Waals surface area (Å²) in [6.45, 7) is 3.41. The van der Waals surface area contributed by atoms with E-state index in [0.29, 0.717) is 17.2 Å². The van der Waals surface area contributed by atoms with Crippen LogP contribution < -0.4 is 10.1 Å². The molecule has 2 unspecified atom stereocenters. The SMILES string of the molecule is CCC(C)C(NC(=O)COc1ccc(Cl)cc1)C(=O)O. The monoisotopic (exact) mass is 299 g/mol. The number of aliphatic carboxylic acids is 1. The molecule has 0 heterocycles. The molecule has 0 fully saturated rings. The van der Waals surface area contributed by atoms with E-state index in [1.807, 2.05) is 6.92 Å². The van der Waals surface area contributed by atoms with Gasteiger partial charge in [0.05, 0.1) is 0 Å². The molecular formula is C14H18ClNO4. The number of carboxylic acid groups (broad SMARTS) is 1. The van der Waals surface area contributed by atoms with Crippen molar-refractivity contribution < 1.29 is 19.4 Å². The Kier molecular flexibility index (Phi) is 6.31. The zero-order valence-electron chi connectivity index (χ0n) is 11.4. The van der Waals surface area contributed by atoms with Crippen LogP contribution in [0.1, 0.15) is 20.3 Å². The minimum atomic E-state index is -1.04. The molecule has 0 saturated heterocycles. The maximum absolute atomic E-state index is 11.7. The van der Waals surface area contributed by atoms with E-state index in [4.69, 9.17) is 21.4 Å². The zero-order chi connectivity index (χ0) is 15.1. The van der Waals surface area contributed by atoms with Crippen molar-refractivity contribution >= 4 is 23.5 Å². The summed E-state index contributed by atoms with van der Waals surface area (Å²) in [5.74, 6) is -1.15. The Labute approximate surface area is 122 Å². The van der Waals surface area contributed by atoms with Crippen molar-refractivity contribution in [1.82, 2.24) is 5.32 Å². The highest BCUT2D eigenvalue weighted by atomic mass is 35.5. The molecule has 6 heteroatoms. The fourth-order valence-corrected chi connectivity index (χ4v) is 1.70. The van der Waals surface area contributed by atoms with Crippen molar-refractivity contribution in [3.63, 3.8) is 0 Å². The van der Waals surface area contributed by atoms with E-state index in [1.54, 1.807) is 31.2 Å². The van der Waals surface area contributed by atoms with Crippen LogP contribution in [0.25, 0.3) is 0 Å². The van der Waals surface area contributed by atoms with Gasteiger partial charge in [0.15, 0.2) is 6.61 Å². The lowest BCUT2D eigenvalue weighted by Gasteiger charge is -2.20. The van der Waals surface area contributed by atoms with Gasteiger partial charge in [0.25, 0.3) is 5.91 Å². The van der Waals surface area contributed by atoms with Crippen molar-refractivity contribution in [2.45, 2.75) is 26.3 Å². The van der Waals surface area contributed by atoms with Crippen LogP contribution in [0, 0.1) is 5.92 Å². The Hall–Kier alpha value is -1.75. The van der Waals surface area contributed by atoms with Crippen molar-refractivity contribution in [1.29, 1.82) is 0 Å². The lowest BCUT2D eigenvalue weighted by molar-refractivity contribution is -0.143. The van der Waals surface area contributed by atoms with E-state index in [1.165, 1.54) is 0 Å². The largest absolute Gasteiger partial charge is 0.484 e. The molecule has 0 aliphatic carbocycles. The van der Waals surface area contributed by atoms with Gasteiger partial charge >= 0.3 is 5.97 Å². The summed E-state index contributed by atoms with van der Waals surface area (Å²) < 4.78 is 5.25. The normalized spacial score (nSPS) is 13.3. The van der Waals surface area contributed by atoms with E-state index in [2.05, 4.69) is 5.32 Å². The molecule has 2 N–H and O–H groups in total. The summed E-state index contributed by atoms with van der Waals surface area (Å²) in [7, 11) is 0. The molecule has 5 nitrogen and oxygen atoms in total. The average Bonchev–Trinajstić information content (AvgIpc) is 2.43. The molecule has 0 spiro atoms. The lowest BCUT2D eigenvalue weighted by Crippen LogP contribution is -2.46. The maximum Gasteiger partial charge on any atom is 0.326 e. The molecule has 1 aromatic carbocycles. The topological polar surface area (TPSA) is 75.6 Å². The van der Waals surface area contributed by atoms with Crippen molar-refractivity contribution in [2.75, 3.05) is 6.61 Å². The molecular weight excluding hydrogens is 282 g/mol. The van der Waals surface area contributed by atoms with Crippen LogP contribution in [-0.2, 0) is 9.59 Å². The van der Waals surface area contributed by atoms with Crippen LogP contribution in [0.3, 0.4) is 0 Å². The van der Waals surface area contributed by atoms with Gasteiger partial charge in [0.2, 0.25) is 0 Å². The standard InChI is InChI=1S/C14H18ClNO4/c1-3-9(2)13(14(18)19)16-12(17)8-20-11-6-4-10(15)5-7-11/h4-7,9,13H,3,8H2,1-2H3,(H,16,17)(H,18,19). The second kappa shape index (κ2) is 7.75. The average molecular weight is 300 g/mol. The Morgan fingerprint density at radius 2 is 1.95 bits per heavy atom. The summed E-state index contributed by atoms with van der Waals surface area (Å²) in [6.07, 6.45) is 0.662. The predicted octanol–water partition coefficient (Wildman–Crippen LogP) is 2.33. The van der Waals surface area contributed by atoms with Crippen LogP contribution in [0.2, 0.25) is 5.02 Å². The Morgan fingerprint density at radius 3 is 2.45 bits per heavy atom. The van der Waals surface area contributed by atoms with Crippen molar-refractivity contribution in [3.05, 3.63) is 29.3 Å². The number of rotatable bonds is 7. The fraction of sp³-hybridized carbons (Fsp3) is 0.429. The van der Waals surface area contributed by atoms with Crippen molar-refractivity contribution in [2.24, 2.45) is 5.92 Å². The van der Waals surface area contributed by atoms with Gasteiger partial charge in [-0.1, -0.05) is 31.9 Å². The van der Waals surface area contributed by atoms with Gasteiger partial charge in [-0.2, -0.15) is 0 Å². The Balaban J connectivity index is 2.49. The second-order valence-electron chi connectivity index (χ2n) is 4.51. The molecule has 20 heavy (non-hydrogen) atoms. The quantitative estimate of drug-likeness (QED) is 0.810. The van der Waals surface area contributed by atoms with Gasteiger partial charge in [-0.25, -0.2) is 4.79 Å². The van der Waals surface area contributed by atoms with Crippen LogP contribution in [-0.4, -0.2) is 29.6 Å². The van der Waals surface area contributed by atoms with Gasteiger partial charge in [-0.15, -0.1) is 0 Å². The molecule has 0 radical (unpaired) electrons. The Bertz CT molecular complexity index is 461. The predicted molar refractivity (Wildman–Crippen MR) is 76.0 cm³/mol. The molecule has 110 valence electrons. The number of hydrogen-bond acceptors (Lipinski definition) is 3. The van der Waals surface area contributed by atoms with Crippen LogP contribution >= 0.6 is 11.6 Å². The molecule has 0 bridgehead atoms. The Morgan fingerprint density at radius 1 is 1.35 bits per heavy atom. The van der Waals surface area contributed by atoms with Crippen LogP contribution in [0.4, 0.5) is 0 Å². The first kappa shape index (κ1) is 16.3. The maximum atomic E-state index is 11.7. The number of nitrogens with one attached hydrogen (secondary N) is 1. The summed E-state index contributed by atoms with van der Waals surface area (Å²) >= 11 is 5.73. The van der Waals surface area contributed by atoms with E-state index in [-0.39, 0.29) is 12.5 Å². The number of carbonyl (C=O) groups excluding carboxylic acids is 1. The first-order chi connectivity index (χ1) is 9.43. The molecule has 1 amide bonds. The third-order valence-corrected chi connectivity index (χ3v) is 3.23. The minimum Gasteiger partial charge on any atom is -0.484 e. The van der Waals surface area contributed by atoms with E-state index in [9.17, 15) is 9.59 Å². The highest BCUT2D eigenvalue weighted by Crippen LogP contribution is 2.15. The number of hydrogen-bond donors (Lipinski definition) is 2. The molecule has 0 saturated carbocycles. The molecule has 0 aliphatic heterocycles. The van der Waals surface area contributed by atoms with E-state index in [0.717, 1.165) is 0 Å². The van der Waals surface area contributed by atoms with Crippen molar-refractivity contribution in [3.8, 4) is 5.75 Å². The van der Waals surface area contributed by atoms with Gasteiger partial charge < -0.3 is 15.2 Å². The molecule has 0 aromatic heterocycles. The lowest BCUT2D eigenvalue weighted by atomic mass is 9.99. The molecule has 0 aliphatic rings. The smallest absolute Gasteiger partial charge is 0.326 e. The van der Waals surface area contributed by atoms with Gasteiger partial charge in [-0.05, 0) is 30.2 Å². The number of carboxylic acids is 1. The minimum absolute atomic E-state index is 0.146. The van der Waals surface area contributed by atoms with Crippen LogP contribution in [0.15, 0.2) is 24.3 Å². The number of benzene rings is 1. The number of ether oxygens (including phenoxy) is 1. The summed E-state index contributed by atoms with van der Waals surface area (Å²) in [5, 5.41) is 12.1. The second-order valence-corrected chi connectivity index (χ2v) is 4.95. The third-order valence-electron chi connectivity index (χ3n) is 2.98. The molecule has 1 rings (SSSR count). The van der Waals surface area contributed by atoms with Gasteiger partial charge in [0.1, 0.15) is 11.8 Å². The number of halogens is 1. The highest BCUT2D eigenvalue weighted by molar-refractivity contribution is 6.30. The van der Waals surface area contributed by atoms with Gasteiger partial charge in [-0.3, -0.25) is 4.79 Å². The van der Waals surface area contributed by atoms with E-state index >= 15 is 0 Å². The van der Waals surface area contributed by atoms with E-state index < -0.39 is 17.9 Å². The number of carbonyl (C=O) groups is 2.